The van der Waals surface area contributed by atoms with E-state index in [2.05, 4.69) is 0 Å². The van der Waals surface area contributed by atoms with Gasteiger partial charge in [-0.25, -0.2) is 0 Å². The van der Waals surface area contributed by atoms with Crippen LogP contribution in [0.2, 0.25) is 0 Å². The van der Waals surface area contributed by atoms with Gasteiger partial charge < -0.3 is 9.84 Å². The topological polar surface area (TPSA) is 46.5 Å². The molecule has 1 unspecified atom stereocenters. The number of rotatable bonds is 5. The monoisotopic (exact) mass is 220 g/mol. The molecule has 0 bridgehead atoms. The lowest BCUT2D eigenvalue weighted by molar-refractivity contribution is -0.143. The smallest absolute Gasteiger partial charge is 0.310 e. The minimum Gasteiger partial charge on any atom is -0.493 e. The molecule has 0 radical (unpaired) electrons. The zero-order valence-electron chi connectivity index (χ0n) is 9.35. The molecule has 1 aliphatic rings. The molecule has 86 valence electrons. The van der Waals surface area contributed by atoms with E-state index in [0.29, 0.717) is 5.92 Å². The second kappa shape index (κ2) is 4.56. The molecular weight excluding hydrogens is 204 g/mol. The van der Waals surface area contributed by atoms with E-state index in [-0.39, 0.29) is 12.5 Å². The molecule has 0 saturated heterocycles. The molecule has 1 fully saturated rings. The average molecular weight is 220 g/mol. The van der Waals surface area contributed by atoms with E-state index >= 15 is 0 Å². The number of carbonyl (C=O) groups is 1. The first kappa shape index (κ1) is 11.0. The summed E-state index contributed by atoms with van der Waals surface area (Å²) >= 11 is 0. The van der Waals surface area contributed by atoms with Crippen molar-refractivity contribution >= 4 is 5.97 Å². The molecule has 1 aromatic carbocycles. The van der Waals surface area contributed by atoms with Crippen LogP contribution >= 0.6 is 0 Å². The second-order valence-corrected chi connectivity index (χ2v) is 4.41. The van der Waals surface area contributed by atoms with Crippen LogP contribution in [-0.4, -0.2) is 17.7 Å². The molecular formula is C13H16O3. The van der Waals surface area contributed by atoms with Gasteiger partial charge >= 0.3 is 5.97 Å². The highest BCUT2D eigenvalue weighted by molar-refractivity contribution is 5.71. The number of benzene rings is 1. The van der Waals surface area contributed by atoms with E-state index in [1.54, 1.807) is 0 Å². The Kier molecular flexibility index (Phi) is 3.13. The molecule has 0 amide bonds. The molecule has 1 aliphatic carbocycles. The van der Waals surface area contributed by atoms with Gasteiger partial charge in [0.1, 0.15) is 12.4 Å². The van der Waals surface area contributed by atoms with Crippen LogP contribution in [0, 0.1) is 18.8 Å². The zero-order chi connectivity index (χ0) is 11.5. The van der Waals surface area contributed by atoms with E-state index < -0.39 is 5.97 Å². The van der Waals surface area contributed by atoms with E-state index in [1.165, 1.54) is 5.56 Å². The average Bonchev–Trinajstić information content (AvgIpc) is 3.05. The molecule has 3 nitrogen and oxygen atoms in total. The molecule has 1 aromatic rings. The first-order chi connectivity index (χ1) is 7.66. The van der Waals surface area contributed by atoms with Crippen molar-refractivity contribution in [3.63, 3.8) is 0 Å². The SMILES string of the molecule is Cc1ccc(OCC(C(=O)O)C2CC2)cc1. The standard InChI is InChI=1S/C13H16O3/c1-9-2-6-11(7-3-9)16-8-12(13(14)15)10-4-5-10/h2-3,6-7,10,12H,4-5,8H2,1H3,(H,14,15). The fraction of sp³-hybridized carbons (Fsp3) is 0.462. The maximum atomic E-state index is 11.0. The third-order valence-electron chi connectivity index (χ3n) is 2.96. The second-order valence-electron chi connectivity index (χ2n) is 4.41. The van der Waals surface area contributed by atoms with Crippen molar-refractivity contribution in [3.05, 3.63) is 29.8 Å². The van der Waals surface area contributed by atoms with Gasteiger partial charge in [-0.1, -0.05) is 17.7 Å². The van der Waals surface area contributed by atoms with Crippen LogP contribution in [0.1, 0.15) is 18.4 Å². The van der Waals surface area contributed by atoms with Gasteiger partial charge in [-0.3, -0.25) is 4.79 Å². The Morgan fingerprint density at radius 3 is 2.56 bits per heavy atom. The van der Waals surface area contributed by atoms with Gasteiger partial charge in [-0.05, 0) is 37.8 Å². The van der Waals surface area contributed by atoms with Crippen molar-refractivity contribution < 1.29 is 14.6 Å². The predicted molar refractivity (Wildman–Crippen MR) is 60.5 cm³/mol. The van der Waals surface area contributed by atoms with Gasteiger partial charge in [0.15, 0.2) is 0 Å². The summed E-state index contributed by atoms with van der Waals surface area (Å²) < 4.78 is 5.50. The molecule has 0 spiro atoms. The maximum absolute atomic E-state index is 11.0. The molecule has 1 atom stereocenters. The summed E-state index contributed by atoms with van der Waals surface area (Å²) in [7, 11) is 0. The van der Waals surface area contributed by atoms with Gasteiger partial charge in [0.25, 0.3) is 0 Å². The number of hydrogen-bond donors (Lipinski definition) is 1. The summed E-state index contributed by atoms with van der Waals surface area (Å²) in [6.07, 6.45) is 2.04. The summed E-state index contributed by atoms with van der Waals surface area (Å²) in [5, 5.41) is 9.03. The van der Waals surface area contributed by atoms with Gasteiger partial charge in [-0.15, -0.1) is 0 Å². The summed E-state index contributed by atoms with van der Waals surface area (Å²) in [5.74, 6) is -0.0173. The van der Waals surface area contributed by atoms with Crippen LogP contribution in [0.4, 0.5) is 0 Å². The third-order valence-corrected chi connectivity index (χ3v) is 2.96. The highest BCUT2D eigenvalue weighted by atomic mass is 16.5. The summed E-state index contributed by atoms with van der Waals surface area (Å²) in [5.41, 5.74) is 1.17. The van der Waals surface area contributed by atoms with Gasteiger partial charge in [-0.2, -0.15) is 0 Å². The Labute approximate surface area is 95.0 Å². The van der Waals surface area contributed by atoms with Crippen LogP contribution in [0.15, 0.2) is 24.3 Å². The van der Waals surface area contributed by atoms with Crippen molar-refractivity contribution in [2.75, 3.05) is 6.61 Å². The molecule has 1 saturated carbocycles. The normalized spacial score (nSPS) is 16.8. The minimum absolute atomic E-state index is 0.281. The number of carboxylic acid groups (broad SMARTS) is 1. The molecule has 16 heavy (non-hydrogen) atoms. The van der Waals surface area contributed by atoms with E-state index in [1.807, 2.05) is 31.2 Å². The van der Waals surface area contributed by atoms with Crippen molar-refractivity contribution in [2.24, 2.45) is 11.8 Å². The quantitative estimate of drug-likeness (QED) is 0.829. The van der Waals surface area contributed by atoms with Crippen molar-refractivity contribution in [3.8, 4) is 5.75 Å². The molecule has 3 heteroatoms. The number of hydrogen-bond acceptors (Lipinski definition) is 2. The molecule has 2 rings (SSSR count). The van der Waals surface area contributed by atoms with Crippen molar-refractivity contribution in [1.82, 2.24) is 0 Å². The van der Waals surface area contributed by atoms with Gasteiger partial charge in [0.05, 0.1) is 5.92 Å². The van der Waals surface area contributed by atoms with Crippen molar-refractivity contribution in [1.29, 1.82) is 0 Å². The largest absolute Gasteiger partial charge is 0.493 e. The van der Waals surface area contributed by atoms with E-state index in [0.717, 1.165) is 18.6 Å². The summed E-state index contributed by atoms with van der Waals surface area (Å²) in [6, 6.07) is 7.67. The van der Waals surface area contributed by atoms with Crippen LogP contribution in [0.5, 0.6) is 5.75 Å². The highest BCUT2D eigenvalue weighted by Crippen LogP contribution is 2.37. The molecule has 0 aromatic heterocycles. The van der Waals surface area contributed by atoms with E-state index in [9.17, 15) is 4.79 Å². The Bertz CT molecular complexity index is 365. The van der Waals surface area contributed by atoms with Crippen LogP contribution < -0.4 is 4.74 Å². The number of carboxylic acids is 1. The number of aryl methyl sites for hydroxylation is 1. The Morgan fingerprint density at radius 2 is 2.06 bits per heavy atom. The maximum Gasteiger partial charge on any atom is 0.310 e. The molecule has 0 heterocycles. The predicted octanol–water partition coefficient (Wildman–Crippen LogP) is 2.48. The highest BCUT2D eigenvalue weighted by Gasteiger charge is 2.36. The molecule has 0 aliphatic heterocycles. The Morgan fingerprint density at radius 1 is 1.44 bits per heavy atom. The van der Waals surface area contributed by atoms with Crippen molar-refractivity contribution in [2.45, 2.75) is 19.8 Å². The number of ether oxygens (including phenoxy) is 1. The molecule has 1 N–H and O–H groups in total. The first-order valence-electron chi connectivity index (χ1n) is 5.59. The van der Waals surface area contributed by atoms with E-state index in [4.69, 9.17) is 9.84 Å². The third kappa shape index (κ3) is 2.75. The van der Waals surface area contributed by atoms with Gasteiger partial charge in [0.2, 0.25) is 0 Å². The fourth-order valence-electron chi connectivity index (χ4n) is 1.73. The Hall–Kier alpha value is -1.51. The lowest BCUT2D eigenvalue weighted by Gasteiger charge is -2.12. The zero-order valence-corrected chi connectivity index (χ0v) is 9.35. The fourth-order valence-corrected chi connectivity index (χ4v) is 1.73. The number of aliphatic carboxylic acids is 1. The summed E-state index contributed by atoms with van der Waals surface area (Å²) in [6.45, 7) is 2.29. The Balaban J connectivity index is 1.90. The minimum atomic E-state index is -0.741. The van der Waals surface area contributed by atoms with Crippen LogP contribution in [0.3, 0.4) is 0 Å². The first-order valence-corrected chi connectivity index (χ1v) is 5.59. The lowest BCUT2D eigenvalue weighted by Crippen LogP contribution is -2.23. The van der Waals surface area contributed by atoms with Crippen LogP contribution in [0.25, 0.3) is 0 Å². The summed E-state index contributed by atoms with van der Waals surface area (Å²) in [4.78, 5) is 11.0. The lowest BCUT2D eigenvalue weighted by atomic mass is 10.1. The van der Waals surface area contributed by atoms with Gasteiger partial charge in [0, 0.05) is 0 Å². The van der Waals surface area contributed by atoms with Crippen LogP contribution in [-0.2, 0) is 4.79 Å².